The lowest BCUT2D eigenvalue weighted by Crippen LogP contribution is -3.00. The molecule has 0 unspecified atom stereocenters. The molecule has 4 rings (SSSR count). The number of rotatable bonds is 3. The van der Waals surface area contributed by atoms with E-state index in [2.05, 4.69) is 85.1 Å². The molecule has 0 amide bonds. The number of hydrogen-bond acceptors (Lipinski definition) is 2. The smallest absolute Gasteiger partial charge is 0.214 e. The Morgan fingerprint density at radius 2 is 1.50 bits per heavy atom. The van der Waals surface area contributed by atoms with Crippen molar-refractivity contribution < 1.29 is 28.5 Å². The van der Waals surface area contributed by atoms with Gasteiger partial charge in [-0.2, -0.15) is 4.57 Å². The van der Waals surface area contributed by atoms with E-state index in [4.69, 9.17) is 4.99 Å². The van der Waals surface area contributed by atoms with Crippen LogP contribution in [0.4, 0.5) is 5.69 Å². The van der Waals surface area contributed by atoms with E-state index in [0.717, 1.165) is 10.9 Å². The number of halogens is 1. The zero-order valence-electron chi connectivity index (χ0n) is 18.4. The Bertz CT molecular complexity index is 984. The van der Waals surface area contributed by atoms with Crippen LogP contribution in [0.1, 0.15) is 46.0 Å². The first-order valence-corrected chi connectivity index (χ1v) is 12.0. The van der Waals surface area contributed by atoms with Crippen LogP contribution >= 0.6 is 11.8 Å². The summed E-state index contributed by atoms with van der Waals surface area (Å²) in [6, 6.07) is 18.3. The van der Waals surface area contributed by atoms with Gasteiger partial charge < -0.3 is 28.9 Å². The Kier molecular flexibility index (Phi) is 8.02. The SMILES string of the molecule is CSC(=Nc1c2ccccc2[n+](C)c2ccccc12)N(C(C)C)C1CCCCC1.[I-]. The number of aromatic nitrogens is 1. The Balaban J connectivity index is 0.00000256. The molecule has 160 valence electrons. The average Bonchev–Trinajstić information content (AvgIpc) is 2.76. The second kappa shape index (κ2) is 10.3. The van der Waals surface area contributed by atoms with Gasteiger partial charge in [-0.3, -0.25) is 0 Å². The van der Waals surface area contributed by atoms with E-state index in [-0.39, 0.29) is 24.0 Å². The molecule has 1 aliphatic rings. The summed E-state index contributed by atoms with van der Waals surface area (Å²) in [6.45, 7) is 4.61. The number of para-hydroxylation sites is 2. The van der Waals surface area contributed by atoms with Crippen LogP contribution in [0.2, 0.25) is 0 Å². The minimum atomic E-state index is 0. The number of thioether (sulfide) groups is 1. The van der Waals surface area contributed by atoms with Crippen LogP contribution in [0, 0.1) is 0 Å². The van der Waals surface area contributed by atoms with Crippen LogP contribution in [0.25, 0.3) is 21.8 Å². The van der Waals surface area contributed by atoms with Gasteiger partial charge in [0.2, 0.25) is 11.0 Å². The highest BCUT2D eigenvalue weighted by molar-refractivity contribution is 8.13. The zero-order valence-corrected chi connectivity index (χ0v) is 21.4. The molecular weight excluding hydrogens is 501 g/mol. The molecule has 0 bridgehead atoms. The highest BCUT2D eigenvalue weighted by Crippen LogP contribution is 2.34. The van der Waals surface area contributed by atoms with Gasteiger partial charge in [-0.15, -0.1) is 0 Å². The molecular formula is C25H32IN3S. The van der Waals surface area contributed by atoms with Crippen LogP contribution < -0.4 is 28.5 Å². The molecule has 3 aromatic rings. The highest BCUT2D eigenvalue weighted by atomic mass is 127. The summed E-state index contributed by atoms with van der Waals surface area (Å²) in [4.78, 5) is 7.95. The van der Waals surface area contributed by atoms with Crippen LogP contribution in [-0.2, 0) is 7.05 Å². The Morgan fingerprint density at radius 1 is 0.967 bits per heavy atom. The summed E-state index contributed by atoms with van der Waals surface area (Å²) in [5.74, 6) is 0. The van der Waals surface area contributed by atoms with E-state index >= 15 is 0 Å². The third-order valence-corrected chi connectivity index (χ3v) is 6.84. The van der Waals surface area contributed by atoms with Crippen molar-refractivity contribution in [3.8, 4) is 0 Å². The van der Waals surface area contributed by atoms with Gasteiger partial charge in [0, 0.05) is 24.2 Å². The van der Waals surface area contributed by atoms with Gasteiger partial charge in [-0.1, -0.05) is 55.3 Å². The lowest BCUT2D eigenvalue weighted by atomic mass is 9.94. The van der Waals surface area contributed by atoms with Gasteiger partial charge in [0.15, 0.2) is 5.17 Å². The van der Waals surface area contributed by atoms with E-state index < -0.39 is 0 Å². The van der Waals surface area contributed by atoms with Crippen LogP contribution in [0.3, 0.4) is 0 Å². The summed E-state index contributed by atoms with van der Waals surface area (Å²) in [5.41, 5.74) is 3.54. The molecule has 1 aliphatic carbocycles. The van der Waals surface area contributed by atoms with Gasteiger partial charge in [0.25, 0.3) is 0 Å². The number of pyridine rings is 1. The maximum atomic E-state index is 5.36. The van der Waals surface area contributed by atoms with Crippen molar-refractivity contribution >= 4 is 44.4 Å². The molecule has 1 saturated carbocycles. The van der Waals surface area contributed by atoms with Crippen molar-refractivity contribution in [1.82, 2.24) is 4.90 Å². The minimum absolute atomic E-state index is 0. The van der Waals surface area contributed by atoms with Crippen molar-refractivity contribution in [3.63, 3.8) is 0 Å². The van der Waals surface area contributed by atoms with Gasteiger partial charge in [0.1, 0.15) is 7.05 Å². The molecule has 0 radical (unpaired) electrons. The summed E-state index contributed by atoms with van der Waals surface area (Å²) < 4.78 is 2.28. The number of aryl methyl sites for hydroxylation is 1. The third kappa shape index (κ3) is 4.47. The molecule has 0 saturated heterocycles. The number of fused-ring (bicyclic) bond motifs is 2. The largest absolute Gasteiger partial charge is 1.00 e. The fraction of sp³-hybridized carbons (Fsp3) is 0.440. The minimum Gasteiger partial charge on any atom is -1.00 e. The molecule has 30 heavy (non-hydrogen) atoms. The van der Waals surface area contributed by atoms with Crippen molar-refractivity contribution in [1.29, 1.82) is 0 Å². The van der Waals surface area contributed by atoms with Crippen molar-refractivity contribution in [2.45, 2.75) is 58.0 Å². The fourth-order valence-corrected chi connectivity index (χ4v) is 5.54. The first-order valence-electron chi connectivity index (χ1n) is 10.8. The molecule has 2 aromatic carbocycles. The number of amidine groups is 1. The summed E-state index contributed by atoms with van der Waals surface area (Å²) in [7, 11) is 2.15. The number of benzene rings is 2. The third-order valence-electron chi connectivity index (χ3n) is 6.18. The van der Waals surface area contributed by atoms with E-state index in [1.807, 2.05) is 0 Å². The highest BCUT2D eigenvalue weighted by Gasteiger charge is 2.27. The van der Waals surface area contributed by atoms with Crippen LogP contribution in [0.15, 0.2) is 53.5 Å². The van der Waals surface area contributed by atoms with Crippen LogP contribution in [-0.4, -0.2) is 28.4 Å². The Labute approximate surface area is 202 Å². The van der Waals surface area contributed by atoms with Gasteiger partial charge >= 0.3 is 0 Å². The van der Waals surface area contributed by atoms with Gasteiger partial charge in [-0.25, -0.2) is 4.99 Å². The summed E-state index contributed by atoms with van der Waals surface area (Å²) in [5, 5.41) is 3.58. The molecule has 0 spiro atoms. The fourth-order valence-electron chi connectivity index (χ4n) is 4.79. The molecule has 5 heteroatoms. The molecule has 1 heterocycles. The van der Waals surface area contributed by atoms with E-state index in [0.29, 0.717) is 12.1 Å². The molecule has 0 N–H and O–H groups in total. The first-order chi connectivity index (χ1) is 14.1. The molecule has 0 aliphatic heterocycles. The molecule has 1 aromatic heterocycles. The zero-order chi connectivity index (χ0) is 20.4. The summed E-state index contributed by atoms with van der Waals surface area (Å²) in [6.07, 6.45) is 8.78. The van der Waals surface area contributed by atoms with Crippen molar-refractivity contribution in [2.24, 2.45) is 12.0 Å². The number of nitrogens with zero attached hydrogens (tertiary/aromatic N) is 3. The number of aliphatic imine (C=N–C) groups is 1. The molecule has 3 nitrogen and oxygen atoms in total. The molecule has 0 atom stereocenters. The van der Waals surface area contributed by atoms with E-state index in [9.17, 15) is 0 Å². The average molecular weight is 534 g/mol. The Hall–Kier alpha value is -1.34. The maximum absolute atomic E-state index is 5.36. The predicted molar refractivity (Wildman–Crippen MR) is 127 cm³/mol. The lowest BCUT2D eigenvalue weighted by Gasteiger charge is -2.39. The standard InChI is InChI=1S/C25H32N3S.HI/c1-18(2)28(19-12-6-5-7-13-19)25(29-4)26-24-20-14-8-10-16-22(20)27(3)23-17-11-9-15-21(23)24;/h8-11,14-19H,5-7,12-13H2,1-4H3;1H/q+1;/p-1. The number of hydrogen-bond donors (Lipinski definition) is 0. The maximum Gasteiger partial charge on any atom is 0.214 e. The van der Waals surface area contributed by atoms with Crippen LogP contribution in [0.5, 0.6) is 0 Å². The van der Waals surface area contributed by atoms with Gasteiger partial charge in [0.05, 0.1) is 16.5 Å². The first kappa shape index (κ1) is 23.3. The van der Waals surface area contributed by atoms with Gasteiger partial charge in [-0.05, 0) is 45.1 Å². The second-order valence-electron chi connectivity index (χ2n) is 8.33. The Morgan fingerprint density at radius 3 is 2.00 bits per heavy atom. The molecule has 1 fully saturated rings. The predicted octanol–water partition coefficient (Wildman–Crippen LogP) is 3.22. The van der Waals surface area contributed by atoms with E-state index in [1.165, 1.54) is 53.9 Å². The van der Waals surface area contributed by atoms with E-state index in [1.54, 1.807) is 11.8 Å². The topological polar surface area (TPSA) is 19.5 Å². The van der Waals surface area contributed by atoms with Crippen molar-refractivity contribution in [3.05, 3.63) is 48.5 Å². The lowest BCUT2D eigenvalue weighted by molar-refractivity contribution is -0.617. The monoisotopic (exact) mass is 533 g/mol. The quantitative estimate of drug-likeness (QED) is 0.169. The summed E-state index contributed by atoms with van der Waals surface area (Å²) >= 11 is 1.79. The second-order valence-corrected chi connectivity index (χ2v) is 9.11. The normalized spacial score (nSPS) is 15.6. The van der Waals surface area contributed by atoms with Crippen molar-refractivity contribution in [2.75, 3.05) is 6.26 Å².